The number of Topliss-reactive ketones (excluding diaryl/α,β-unsaturated/α-hetero) is 1. The van der Waals surface area contributed by atoms with Gasteiger partial charge < -0.3 is 14.4 Å². The van der Waals surface area contributed by atoms with E-state index in [1.165, 1.54) is 7.11 Å². The van der Waals surface area contributed by atoms with E-state index in [1.54, 1.807) is 7.11 Å². The molecule has 134 valence electrons. The number of benzene rings is 1. The van der Waals surface area contributed by atoms with Gasteiger partial charge in [0, 0.05) is 18.0 Å². The van der Waals surface area contributed by atoms with Crippen molar-refractivity contribution in [3.8, 4) is 5.75 Å². The van der Waals surface area contributed by atoms with Crippen LogP contribution >= 0.6 is 12.4 Å². The predicted octanol–water partition coefficient (Wildman–Crippen LogP) is 2.36. The molecule has 0 aliphatic carbocycles. The van der Waals surface area contributed by atoms with Crippen LogP contribution in [-0.4, -0.2) is 50.5 Å². The zero-order valence-electron chi connectivity index (χ0n) is 14.9. The molecule has 0 amide bonds. The number of halogens is 1. The molecule has 0 spiro atoms. The van der Waals surface area contributed by atoms with Gasteiger partial charge in [0.1, 0.15) is 11.7 Å². The van der Waals surface area contributed by atoms with Crippen molar-refractivity contribution in [3.63, 3.8) is 0 Å². The van der Waals surface area contributed by atoms with Crippen LogP contribution in [0.5, 0.6) is 5.75 Å². The highest BCUT2D eigenvalue weighted by molar-refractivity contribution is 6.03. The molecule has 2 rings (SSSR count). The number of ether oxygens (including phenoxy) is 2. The number of hydrogen-bond donors (Lipinski definition) is 0. The van der Waals surface area contributed by atoms with Gasteiger partial charge in [0.15, 0.2) is 5.78 Å². The summed E-state index contributed by atoms with van der Waals surface area (Å²) in [5.74, 6) is -0.377. The number of esters is 1. The predicted molar refractivity (Wildman–Crippen MR) is 94.7 cm³/mol. The molecule has 1 aliphatic rings. The zero-order chi connectivity index (χ0) is 17.2. The molecule has 1 heterocycles. The average molecular weight is 356 g/mol. The summed E-state index contributed by atoms with van der Waals surface area (Å²) < 4.78 is 9.96. The molecule has 1 saturated heterocycles. The fraction of sp³-hybridized carbons (Fsp3) is 0.556. The third kappa shape index (κ3) is 3.90. The number of hydrogen-bond acceptors (Lipinski definition) is 5. The van der Waals surface area contributed by atoms with E-state index in [4.69, 9.17) is 9.47 Å². The van der Waals surface area contributed by atoms with Gasteiger partial charge in [-0.1, -0.05) is 26.0 Å². The number of piperidine rings is 1. The number of methoxy groups -OCH3 is 2. The second kappa shape index (κ2) is 7.99. The molecule has 2 unspecified atom stereocenters. The normalized spacial score (nSPS) is 23.3. The van der Waals surface area contributed by atoms with Crippen LogP contribution in [0.25, 0.3) is 0 Å². The molecular weight excluding hydrogens is 330 g/mol. The molecule has 24 heavy (non-hydrogen) atoms. The van der Waals surface area contributed by atoms with Gasteiger partial charge in [-0.25, -0.2) is 0 Å². The maximum atomic E-state index is 12.7. The fourth-order valence-corrected chi connectivity index (χ4v) is 3.38. The van der Waals surface area contributed by atoms with E-state index in [0.29, 0.717) is 6.54 Å². The Morgan fingerprint density at radius 3 is 2.33 bits per heavy atom. The van der Waals surface area contributed by atoms with Crippen LogP contribution in [0, 0.1) is 11.3 Å². The highest BCUT2D eigenvalue weighted by Crippen LogP contribution is 2.36. The van der Waals surface area contributed by atoms with Crippen molar-refractivity contribution in [2.45, 2.75) is 26.3 Å². The standard InChI is InChI=1S/C18H25NO4.ClH/c1-18(2)15(10-12-6-8-13(22-4)9-7-12)19(3)11-14(16(18)20)17(21)23-5;/h6-9,14-15H,10-11H2,1-5H3;1H. The van der Waals surface area contributed by atoms with Crippen molar-refractivity contribution in [2.24, 2.45) is 11.3 Å². The van der Waals surface area contributed by atoms with Gasteiger partial charge in [0.05, 0.1) is 14.2 Å². The van der Waals surface area contributed by atoms with E-state index in [9.17, 15) is 9.59 Å². The quantitative estimate of drug-likeness (QED) is 0.613. The molecule has 1 fully saturated rings. The van der Waals surface area contributed by atoms with Crippen molar-refractivity contribution >= 4 is 24.2 Å². The Hall–Kier alpha value is -1.59. The minimum Gasteiger partial charge on any atom is -0.497 e. The minimum absolute atomic E-state index is 0. The van der Waals surface area contributed by atoms with Gasteiger partial charge in [0.25, 0.3) is 0 Å². The lowest BCUT2D eigenvalue weighted by molar-refractivity contribution is -0.158. The van der Waals surface area contributed by atoms with E-state index in [0.717, 1.165) is 17.7 Å². The summed E-state index contributed by atoms with van der Waals surface area (Å²) in [6, 6.07) is 7.90. The zero-order valence-corrected chi connectivity index (χ0v) is 15.7. The smallest absolute Gasteiger partial charge is 0.317 e. The van der Waals surface area contributed by atoms with Gasteiger partial charge in [-0.15, -0.1) is 12.4 Å². The summed E-state index contributed by atoms with van der Waals surface area (Å²) in [7, 11) is 4.92. The first-order chi connectivity index (χ1) is 10.8. The largest absolute Gasteiger partial charge is 0.497 e. The third-order valence-electron chi connectivity index (χ3n) is 4.86. The van der Waals surface area contributed by atoms with Crippen LogP contribution in [0.4, 0.5) is 0 Å². The minimum atomic E-state index is -0.702. The van der Waals surface area contributed by atoms with E-state index in [1.807, 2.05) is 45.2 Å². The lowest BCUT2D eigenvalue weighted by atomic mass is 9.69. The molecular formula is C18H26ClNO4. The number of carbonyl (C=O) groups excluding carboxylic acids is 2. The fourth-order valence-electron chi connectivity index (χ4n) is 3.38. The molecule has 0 bridgehead atoms. The SMILES string of the molecule is COC(=O)C1CN(C)C(Cc2ccc(OC)cc2)C(C)(C)C1=O.Cl. The molecule has 0 aromatic heterocycles. The number of nitrogens with zero attached hydrogens (tertiary/aromatic N) is 1. The maximum absolute atomic E-state index is 12.7. The Kier molecular flexibility index (Phi) is 6.81. The Morgan fingerprint density at radius 2 is 1.83 bits per heavy atom. The first kappa shape index (κ1) is 20.5. The molecule has 2 atom stereocenters. The first-order valence-electron chi connectivity index (χ1n) is 7.76. The third-order valence-corrected chi connectivity index (χ3v) is 4.86. The molecule has 1 aromatic carbocycles. The van der Waals surface area contributed by atoms with Crippen LogP contribution in [0.15, 0.2) is 24.3 Å². The van der Waals surface area contributed by atoms with Crippen LogP contribution in [-0.2, 0) is 20.7 Å². The Bertz CT molecular complexity index is 585. The van der Waals surface area contributed by atoms with Crippen molar-refractivity contribution in [1.82, 2.24) is 4.90 Å². The van der Waals surface area contributed by atoms with E-state index < -0.39 is 17.3 Å². The summed E-state index contributed by atoms with van der Waals surface area (Å²) in [5.41, 5.74) is 0.520. The summed E-state index contributed by atoms with van der Waals surface area (Å²) in [4.78, 5) is 26.7. The second-order valence-electron chi connectivity index (χ2n) is 6.67. The Labute approximate surface area is 149 Å². The maximum Gasteiger partial charge on any atom is 0.317 e. The monoisotopic (exact) mass is 355 g/mol. The lowest BCUT2D eigenvalue weighted by Crippen LogP contribution is -2.59. The number of likely N-dealkylation sites (N-methyl/N-ethyl adjacent to an activating group) is 1. The molecule has 6 heteroatoms. The topological polar surface area (TPSA) is 55.8 Å². The summed E-state index contributed by atoms with van der Waals surface area (Å²) in [6.45, 7) is 4.22. The summed E-state index contributed by atoms with van der Waals surface area (Å²) >= 11 is 0. The molecule has 1 aromatic rings. The Morgan fingerprint density at radius 1 is 1.25 bits per heavy atom. The van der Waals surface area contributed by atoms with E-state index >= 15 is 0 Å². The first-order valence-corrected chi connectivity index (χ1v) is 7.76. The van der Waals surface area contributed by atoms with Gasteiger partial charge in [0.2, 0.25) is 0 Å². The summed E-state index contributed by atoms with van der Waals surface area (Å²) in [5, 5.41) is 0. The summed E-state index contributed by atoms with van der Waals surface area (Å²) in [6.07, 6.45) is 0.743. The number of ketones is 1. The number of carbonyl (C=O) groups is 2. The molecule has 0 saturated carbocycles. The van der Waals surface area contributed by atoms with Crippen LogP contribution in [0.2, 0.25) is 0 Å². The van der Waals surface area contributed by atoms with Gasteiger partial charge >= 0.3 is 5.97 Å². The van der Waals surface area contributed by atoms with Crippen molar-refractivity contribution in [2.75, 3.05) is 27.8 Å². The lowest BCUT2D eigenvalue weighted by Gasteiger charge is -2.46. The second-order valence-corrected chi connectivity index (χ2v) is 6.67. The Balaban J connectivity index is 0.00000288. The van der Waals surface area contributed by atoms with E-state index in [2.05, 4.69) is 4.90 Å². The van der Waals surface area contributed by atoms with Gasteiger partial charge in [-0.2, -0.15) is 0 Å². The number of rotatable bonds is 4. The highest BCUT2D eigenvalue weighted by Gasteiger charge is 2.49. The van der Waals surface area contributed by atoms with Crippen LogP contribution < -0.4 is 4.74 Å². The van der Waals surface area contributed by atoms with Crippen molar-refractivity contribution < 1.29 is 19.1 Å². The molecule has 1 aliphatic heterocycles. The van der Waals surface area contributed by atoms with Crippen molar-refractivity contribution in [1.29, 1.82) is 0 Å². The van der Waals surface area contributed by atoms with Crippen LogP contribution in [0.1, 0.15) is 19.4 Å². The van der Waals surface area contributed by atoms with Gasteiger partial charge in [-0.3, -0.25) is 9.59 Å². The molecule has 0 N–H and O–H groups in total. The van der Waals surface area contributed by atoms with Crippen LogP contribution in [0.3, 0.4) is 0 Å². The van der Waals surface area contributed by atoms with E-state index in [-0.39, 0.29) is 24.2 Å². The number of likely N-dealkylation sites (tertiary alicyclic amines) is 1. The molecule has 5 nitrogen and oxygen atoms in total. The highest BCUT2D eigenvalue weighted by atomic mass is 35.5. The van der Waals surface area contributed by atoms with Gasteiger partial charge in [-0.05, 0) is 31.2 Å². The average Bonchev–Trinajstić information content (AvgIpc) is 2.55. The molecule has 0 radical (unpaired) electrons. The van der Waals surface area contributed by atoms with Crippen molar-refractivity contribution in [3.05, 3.63) is 29.8 Å².